The van der Waals surface area contributed by atoms with Crippen molar-refractivity contribution in [3.05, 3.63) is 58.7 Å². The summed E-state index contributed by atoms with van der Waals surface area (Å²) in [6.07, 6.45) is -3.37. The van der Waals surface area contributed by atoms with Crippen LogP contribution in [0.3, 0.4) is 0 Å². The molecular formula is C13H4F8. The van der Waals surface area contributed by atoms with E-state index in [0.717, 1.165) is 0 Å². The number of hydrogen-bond acceptors (Lipinski definition) is 0. The molecule has 0 nitrogen and oxygen atoms in total. The summed E-state index contributed by atoms with van der Waals surface area (Å²) in [5.74, 6) is -12.6. The Morgan fingerprint density at radius 1 is 0.667 bits per heavy atom. The smallest absolute Gasteiger partial charge is 0.207 e. The fourth-order valence-electron chi connectivity index (χ4n) is 1.78. The van der Waals surface area contributed by atoms with Gasteiger partial charge in [0.15, 0.2) is 23.3 Å². The lowest BCUT2D eigenvalue weighted by molar-refractivity contribution is 0.151. The lowest BCUT2D eigenvalue weighted by Crippen LogP contribution is -2.05. The molecule has 21 heavy (non-hydrogen) atoms. The molecule has 0 spiro atoms. The van der Waals surface area contributed by atoms with Gasteiger partial charge in [0.2, 0.25) is 5.82 Å². The second-order valence-corrected chi connectivity index (χ2v) is 3.98. The maximum absolute atomic E-state index is 13.6. The summed E-state index contributed by atoms with van der Waals surface area (Å²) < 4.78 is 105. The minimum Gasteiger partial charge on any atom is -0.207 e. The van der Waals surface area contributed by atoms with Crippen LogP contribution in [0.1, 0.15) is 12.0 Å². The highest BCUT2D eigenvalue weighted by molar-refractivity contribution is 5.69. The van der Waals surface area contributed by atoms with Crippen molar-refractivity contribution in [3.8, 4) is 11.1 Å². The Morgan fingerprint density at radius 3 is 1.62 bits per heavy atom. The van der Waals surface area contributed by atoms with E-state index in [2.05, 4.69) is 0 Å². The quantitative estimate of drug-likeness (QED) is 0.410. The molecule has 0 heterocycles. The summed E-state index contributed by atoms with van der Waals surface area (Å²) in [6, 6.07) is 1.35. The molecule has 0 unspecified atom stereocenters. The van der Waals surface area contributed by atoms with E-state index in [1.807, 2.05) is 0 Å². The molecule has 0 aliphatic rings. The van der Waals surface area contributed by atoms with E-state index in [0.29, 0.717) is 12.1 Å². The minimum absolute atomic E-state index is 0.262. The van der Waals surface area contributed by atoms with Crippen molar-refractivity contribution >= 4 is 0 Å². The molecule has 0 aliphatic carbocycles. The van der Waals surface area contributed by atoms with Gasteiger partial charge in [0.05, 0.1) is 5.56 Å². The number of rotatable bonds is 2. The Kier molecular flexibility index (Phi) is 3.89. The SMILES string of the molecule is Fc1ccc(-c2c(F)c(F)c(F)c(F)c2F)c(C(F)F)c1. The lowest BCUT2D eigenvalue weighted by atomic mass is 9.98. The lowest BCUT2D eigenvalue weighted by Gasteiger charge is -2.12. The molecule has 2 aromatic rings. The minimum atomic E-state index is -3.37. The van der Waals surface area contributed by atoms with Crippen LogP contribution in [0.15, 0.2) is 18.2 Å². The molecule has 0 amide bonds. The normalized spacial score (nSPS) is 11.3. The molecule has 0 radical (unpaired) electrons. The first-order chi connectivity index (χ1) is 9.75. The molecule has 0 atom stereocenters. The predicted octanol–water partition coefficient (Wildman–Crippen LogP) is 5.13. The van der Waals surface area contributed by atoms with Crippen molar-refractivity contribution in [3.63, 3.8) is 0 Å². The number of hydrogen-bond donors (Lipinski definition) is 0. The van der Waals surface area contributed by atoms with E-state index in [1.165, 1.54) is 0 Å². The van der Waals surface area contributed by atoms with Gasteiger partial charge in [0.25, 0.3) is 6.43 Å². The van der Waals surface area contributed by atoms with Crippen LogP contribution in [0.4, 0.5) is 35.1 Å². The van der Waals surface area contributed by atoms with E-state index in [4.69, 9.17) is 0 Å². The Hall–Kier alpha value is -2.12. The standard InChI is InChI=1S/C13H4F8/c14-4-1-2-5(6(3-4)13(20)21)7-8(15)10(17)12(19)11(18)9(7)16/h1-3,13H. The molecule has 112 valence electrons. The molecule has 0 aromatic heterocycles. The third-order valence-electron chi connectivity index (χ3n) is 2.73. The molecule has 0 saturated heterocycles. The van der Waals surface area contributed by atoms with E-state index < -0.39 is 58.0 Å². The first-order valence-electron chi connectivity index (χ1n) is 5.35. The van der Waals surface area contributed by atoms with Gasteiger partial charge in [-0.15, -0.1) is 0 Å². The van der Waals surface area contributed by atoms with E-state index >= 15 is 0 Å². The number of alkyl halides is 2. The van der Waals surface area contributed by atoms with Crippen molar-refractivity contribution in [2.75, 3.05) is 0 Å². The number of benzene rings is 2. The summed E-state index contributed by atoms with van der Waals surface area (Å²) in [4.78, 5) is 0. The average molecular weight is 312 g/mol. The van der Waals surface area contributed by atoms with E-state index in [-0.39, 0.29) is 6.07 Å². The van der Waals surface area contributed by atoms with Crippen LogP contribution in [0.5, 0.6) is 0 Å². The summed E-state index contributed by atoms with van der Waals surface area (Å²) in [7, 11) is 0. The summed E-state index contributed by atoms with van der Waals surface area (Å²) >= 11 is 0. The molecule has 0 aliphatic heterocycles. The number of halogens is 8. The van der Waals surface area contributed by atoms with Crippen LogP contribution < -0.4 is 0 Å². The van der Waals surface area contributed by atoms with Gasteiger partial charge in [-0.05, 0) is 17.7 Å². The summed E-state index contributed by atoms with van der Waals surface area (Å²) in [6.45, 7) is 0. The second kappa shape index (κ2) is 5.34. The van der Waals surface area contributed by atoms with Crippen molar-refractivity contribution in [1.29, 1.82) is 0 Å². The van der Waals surface area contributed by atoms with Crippen LogP contribution in [0.25, 0.3) is 11.1 Å². The van der Waals surface area contributed by atoms with E-state index in [1.54, 1.807) is 0 Å². The Balaban J connectivity index is 2.86. The van der Waals surface area contributed by atoms with Gasteiger partial charge in [-0.2, -0.15) is 0 Å². The molecular weight excluding hydrogens is 308 g/mol. The Bertz CT molecular complexity index is 679. The molecule has 0 bridgehead atoms. The first kappa shape index (κ1) is 15.3. The van der Waals surface area contributed by atoms with Crippen LogP contribution >= 0.6 is 0 Å². The van der Waals surface area contributed by atoms with Crippen molar-refractivity contribution in [1.82, 2.24) is 0 Å². The van der Waals surface area contributed by atoms with Gasteiger partial charge < -0.3 is 0 Å². The summed E-state index contributed by atoms with van der Waals surface area (Å²) in [5, 5.41) is 0. The van der Waals surface area contributed by atoms with Gasteiger partial charge in [-0.25, -0.2) is 35.1 Å². The van der Waals surface area contributed by atoms with Crippen molar-refractivity contribution in [2.24, 2.45) is 0 Å². The molecule has 8 heteroatoms. The van der Waals surface area contributed by atoms with E-state index in [9.17, 15) is 35.1 Å². The molecule has 0 N–H and O–H groups in total. The third-order valence-corrected chi connectivity index (χ3v) is 2.73. The zero-order chi connectivity index (χ0) is 15.9. The van der Waals surface area contributed by atoms with Crippen LogP contribution in [-0.2, 0) is 0 Å². The third kappa shape index (κ3) is 2.45. The van der Waals surface area contributed by atoms with Crippen LogP contribution in [0.2, 0.25) is 0 Å². The average Bonchev–Trinajstić information content (AvgIpc) is 2.44. The maximum atomic E-state index is 13.6. The zero-order valence-corrected chi connectivity index (χ0v) is 9.83. The van der Waals surface area contributed by atoms with Crippen molar-refractivity contribution < 1.29 is 35.1 Å². The van der Waals surface area contributed by atoms with Crippen molar-refractivity contribution in [2.45, 2.75) is 6.43 Å². The fourth-order valence-corrected chi connectivity index (χ4v) is 1.78. The summed E-state index contributed by atoms with van der Waals surface area (Å²) in [5.41, 5.74) is -3.68. The van der Waals surface area contributed by atoms with Crippen LogP contribution in [-0.4, -0.2) is 0 Å². The van der Waals surface area contributed by atoms with Gasteiger partial charge in [-0.3, -0.25) is 0 Å². The monoisotopic (exact) mass is 312 g/mol. The van der Waals surface area contributed by atoms with Gasteiger partial charge in [0.1, 0.15) is 5.82 Å². The molecule has 2 rings (SSSR count). The predicted molar refractivity (Wildman–Crippen MR) is 56.6 cm³/mol. The largest absolute Gasteiger partial charge is 0.264 e. The zero-order valence-electron chi connectivity index (χ0n) is 9.83. The maximum Gasteiger partial charge on any atom is 0.264 e. The van der Waals surface area contributed by atoms with Crippen LogP contribution in [0, 0.1) is 34.9 Å². The first-order valence-corrected chi connectivity index (χ1v) is 5.35. The topological polar surface area (TPSA) is 0 Å². The Labute approximate surface area is 112 Å². The highest BCUT2D eigenvalue weighted by atomic mass is 19.3. The Morgan fingerprint density at radius 2 is 1.14 bits per heavy atom. The second-order valence-electron chi connectivity index (χ2n) is 3.98. The molecule has 2 aromatic carbocycles. The molecule has 0 fully saturated rings. The van der Waals surface area contributed by atoms with Gasteiger partial charge in [0, 0.05) is 5.56 Å². The highest BCUT2D eigenvalue weighted by Gasteiger charge is 2.29. The molecule has 0 saturated carbocycles. The highest BCUT2D eigenvalue weighted by Crippen LogP contribution is 2.37. The fraction of sp³-hybridized carbons (Fsp3) is 0.0769. The van der Waals surface area contributed by atoms with Gasteiger partial charge >= 0.3 is 0 Å². The van der Waals surface area contributed by atoms with Gasteiger partial charge in [-0.1, -0.05) is 6.07 Å².